The number of aromatic nitrogens is 3. The van der Waals surface area contributed by atoms with Gasteiger partial charge in [0.25, 0.3) is 0 Å². The van der Waals surface area contributed by atoms with E-state index in [4.69, 9.17) is 20.7 Å². The van der Waals surface area contributed by atoms with Crippen LogP contribution in [-0.2, 0) is 16.9 Å². The Morgan fingerprint density at radius 2 is 2.09 bits per heavy atom. The van der Waals surface area contributed by atoms with Crippen molar-refractivity contribution in [2.24, 2.45) is 0 Å². The number of allylic oxidation sites excluding steroid dienone is 4. The molecule has 1 aliphatic carbocycles. The van der Waals surface area contributed by atoms with Gasteiger partial charge < -0.3 is 0 Å². The molecular weight excluding hydrogens is 477 g/mol. The molecular formula is C27H23BClN3O2S. The quantitative estimate of drug-likeness (QED) is 0.260. The van der Waals surface area contributed by atoms with E-state index in [-0.39, 0.29) is 5.56 Å². The van der Waals surface area contributed by atoms with Gasteiger partial charge in [0.1, 0.15) is 0 Å². The van der Waals surface area contributed by atoms with Crippen LogP contribution in [0.5, 0.6) is 0 Å². The van der Waals surface area contributed by atoms with Crippen molar-refractivity contribution in [1.82, 2.24) is 14.5 Å². The molecule has 8 heteroatoms. The van der Waals surface area contributed by atoms with Gasteiger partial charge in [-0.15, -0.1) is 0 Å². The van der Waals surface area contributed by atoms with Gasteiger partial charge in [-0.1, -0.05) is 12.2 Å². The molecule has 2 aliphatic heterocycles. The van der Waals surface area contributed by atoms with Crippen molar-refractivity contribution < 1.29 is 4.10 Å². The van der Waals surface area contributed by atoms with Crippen LogP contribution in [-0.4, -0.2) is 33.9 Å². The molecule has 0 saturated carbocycles. The Labute approximate surface area is 214 Å². The first kappa shape index (κ1) is 23.5. The van der Waals surface area contributed by atoms with Crippen molar-refractivity contribution in [2.75, 3.05) is 6.26 Å². The second-order valence-electron chi connectivity index (χ2n) is 8.30. The monoisotopic (exact) mass is 499 g/mol. The van der Waals surface area contributed by atoms with E-state index in [1.807, 2.05) is 60.9 Å². The van der Waals surface area contributed by atoms with E-state index in [2.05, 4.69) is 29.3 Å². The second kappa shape index (κ2) is 10.5. The number of fused-ring (bicyclic) bond motifs is 1. The number of hydrogen-bond acceptors (Lipinski definition) is 4. The van der Waals surface area contributed by atoms with Crippen LogP contribution >= 0.6 is 23.6 Å². The van der Waals surface area contributed by atoms with Gasteiger partial charge >= 0.3 is 202 Å². The molecule has 2 heterocycles. The van der Waals surface area contributed by atoms with Crippen molar-refractivity contribution in [2.45, 2.75) is 19.3 Å². The van der Waals surface area contributed by atoms with Crippen molar-refractivity contribution in [1.29, 1.82) is 0 Å². The molecule has 0 aromatic heterocycles. The number of H-pyrrole nitrogens is 1. The molecule has 174 valence electrons. The van der Waals surface area contributed by atoms with Gasteiger partial charge in [-0.05, 0) is 0 Å². The first-order valence-corrected chi connectivity index (χ1v) is 12.8. The van der Waals surface area contributed by atoms with Gasteiger partial charge in [-0.25, -0.2) is 0 Å². The summed E-state index contributed by atoms with van der Waals surface area (Å²) in [5.41, 5.74) is 6.24. The fourth-order valence-corrected chi connectivity index (χ4v) is 4.54. The number of nitrogens with one attached hydrogen (secondary N) is 1. The zero-order valence-corrected chi connectivity index (χ0v) is 20.8. The molecule has 0 bridgehead atoms. The molecule has 35 heavy (non-hydrogen) atoms. The van der Waals surface area contributed by atoms with Crippen molar-refractivity contribution in [3.63, 3.8) is 0 Å². The van der Waals surface area contributed by atoms with Gasteiger partial charge in [0.05, 0.1) is 0 Å². The molecule has 1 N–H and O–H groups in total. The molecule has 0 fully saturated rings. The summed E-state index contributed by atoms with van der Waals surface area (Å²) in [6.07, 6.45) is 11.9. The summed E-state index contributed by atoms with van der Waals surface area (Å²) in [6.45, 7) is 0. The second-order valence-corrected chi connectivity index (χ2v) is 9.23. The summed E-state index contributed by atoms with van der Waals surface area (Å²) in [7, 11) is 1.61. The van der Waals surface area contributed by atoms with Crippen LogP contribution in [0, 0.1) is 0 Å². The van der Waals surface area contributed by atoms with Crippen molar-refractivity contribution in [3.05, 3.63) is 116 Å². The summed E-state index contributed by atoms with van der Waals surface area (Å²) < 4.78 is 6.93. The SMILES string of the molecule is CSO/B=C/c1cc(-c2cn3c(=O)c(CC4=CC=CC4)nc-3c(Cc3ccccc3)[nH]2)ccc1Cl. The molecule has 0 amide bonds. The normalized spacial score (nSPS) is 12.9. The van der Waals surface area contributed by atoms with Gasteiger partial charge in [-0.3, -0.25) is 0 Å². The number of benzene rings is 2. The Hall–Kier alpha value is -3.29. The van der Waals surface area contributed by atoms with E-state index in [1.54, 1.807) is 11.7 Å². The molecule has 2 aromatic rings. The molecule has 0 unspecified atom stereocenters. The maximum absolute atomic E-state index is 13.4. The predicted molar refractivity (Wildman–Crippen MR) is 146 cm³/mol. The molecule has 0 radical (unpaired) electrons. The van der Waals surface area contributed by atoms with Gasteiger partial charge in [-0.2, -0.15) is 0 Å². The van der Waals surface area contributed by atoms with Crippen LogP contribution in [0.2, 0.25) is 5.02 Å². The summed E-state index contributed by atoms with van der Waals surface area (Å²) in [6, 6.07) is 15.9. The van der Waals surface area contributed by atoms with E-state index < -0.39 is 0 Å². The van der Waals surface area contributed by atoms with Crippen LogP contribution in [0.15, 0.2) is 83.3 Å². The van der Waals surface area contributed by atoms with E-state index in [1.165, 1.54) is 17.6 Å². The maximum atomic E-state index is 13.4. The number of rotatable bonds is 8. The molecule has 2 aromatic carbocycles. The van der Waals surface area contributed by atoms with Crippen molar-refractivity contribution >= 4 is 36.7 Å². The number of hydrogen-bond donors (Lipinski definition) is 1. The molecule has 5 rings (SSSR count). The van der Waals surface area contributed by atoms with Gasteiger partial charge in [0.15, 0.2) is 0 Å². The van der Waals surface area contributed by atoms with E-state index in [0.717, 1.165) is 34.5 Å². The number of nitrogens with zero attached hydrogens (tertiary/aromatic N) is 2. The zero-order valence-electron chi connectivity index (χ0n) is 19.2. The molecule has 0 atom stereocenters. The Morgan fingerprint density at radius 3 is 2.86 bits per heavy atom. The van der Waals surface area contributed by atoms with Gasteiger partial charge in [0, 0.05) is 0 Å². The molecule has 0 saturated heterocycles. The first-order chi connectivity index (χ1) is 17.1. The number of halogens is 1. The average Bonchev–Trinajstić information content (AvgIpc) is 3.50. The van der Waals surface area contributed by atoms with E-state index >= 15 is 0 Å². The van der Waals surface area contributed by atoms with Crippen LogP contribution < -0.4 is 5.56 Å². The van der Waals surface area contributed by atoms with Crippen LogP contribution in [0.25, 0.3) is 17.1 Å². The minimum absolute atomic E-state index is 0.0835. The summed E-state index contributed by atoms with van der Waals surface area (Å²) in [5.74, 6) is 2.48. The Bertz CT molecular complexity index is 1470. The fourth-order valence-electron chi connectivity index (χ4n) is 4.20. The van der Waals surface area contributed by atoms with E-state index in [9.17, 15) is 4.79 Å². The zero-order chi connectivity index (χ0) is 24.2. The number of imidazole rings is 1. The topological polar surface area (TPSA) is 59.9 Å². The molecule has 5 nitrogen and oxygen atoms in total. The summed E-state index contributed by atoms with van der Waals surface area (Å²) in [4.78, 5) is 21.7. The van der Waals surface area contributed by atoms with Crippen LogP contribution in [0.4, 0.5) is 0 Å². The third-order valence-corrected chi connectivity index (χ3v) is 6.57. The van der Waals surface area contributed by atoms with E-state index in [0.29, 0.717) is 29.4 Å². The van der Waals surface area contributed by atoms with Crippen LogP contribution in [0.3, 0.4) is 0 Å². The fraction of sp³-hybridized carbons (Fsp3) is 0.148. The Balaban J connectivity index is 1.61. The van der Waals surface area contributed by atoms with Crippen molar-refractivity contribution in [3.8, 4) is 17.1 Å². The third-order valence-electron chi connectivity index (χ3n) is 5.92. The van der Waals surface area contributed by atoms with Gasteiger partial charge in [0.2, 0.25) is 0 Å². The first-order valence-electron chi connectivity index (χ1n) is 11.3. The van der Waals surface area contributed by atoms with Crippen LogP contribution in [0.1, 0.15) is 28.9 Å². The minimum atomic E-state index is -0.0835. The molecule has 0 spiro atoms. The number of aromatic amines is 1. The Morgan fingerprint density at radius 1 is 1.23 bits per heavy atom. The average molecular weight is 500 g/mol. The third kappa shape index (κ3) is 5.21. The summed E-state index contributed by atoms with van der Waals surface area (Å²) >= 11 is 7.66. The Kier molecular flexibility index (Phi) is 7.07. The predicted octanol–water partition coefficient (Wildman–Crippen LogP) is 5.40. The molecule has 3 aliphatic rings. The summed E-state index contributed by atoms with van der Waals surface area (Å²) in [5, 5.41) is 0.619. The standard InChI is InChI=1S/C27H23BClN3O2S/c1-35-34-28-16-21-15-20(11-12-22(21)29)25-17-32-26(23(30-25)13-18-7-3-2-4-8-18)31-24(27(32)33)14-19-9-5-6-10-19/h2-9,11-12,15-17,30H,10,13-14H2,1H3.